The van der Waals surface area contributed by atoms with Crippen molar-refractivity contribution >= 4 is 17.1 Å². The molecule has 0 bridgehead atoms. The fourth-order valence-corrected chi connectivity index (χ4v) is 3.23. The molecule has 0 spiro atoms. The average Bonchev–Trinajstić information content (AvgIpc) is 3.20. The van der Waals surface area contributed by atoms with Crippen LogP contribution in [0, 0.1) is 13.8 Å². The normalized spacial score (nSPS) is 14.2. The summed E-state index contributed by atoms with van der Waals surface area (Å²) in [5.41, 5.74) is 3.47. The van der Waals surface area contributed by atoms with Crippen LogP contribution in [0.3, 0.4) is 0 Å². The van der Waals surface area contributed by atoms with Gasteiger partial charge in [-0.3, -0.25) is 4.79 Å². The van der Waals surface area contributed by atoms with Crippen LogP contribution >= 0.6 is 11.3 Å². The molecule has 1 fully saturated rings. The number of aromatic nitrogens is 1. The number of carbonyl (C=O) groups is 1. The lowest BCUT2D eigenvalue weighted by atomic mass is 10.1. The van der Waals surface area contributed by atoms with Crippen LogP contribution < -0.4 is 4.74 Å². The van der Waals surface area contributed by atoms with Crippen molar-refractivity contribution in [3.63, 3.8) is 0 Å². The Labute approximate surface area is 129 Å². The second-order valence-electron chi connectivity index (χ2n) is 5.69. The quantitative estimate of drug-likeness (QED) is 0.767. The second-order valence-corrected chi connectivity index (χ2v) is 6.77. The summed E-state index contributed by atoms with van der Waals surface area (Å²) in [6, 6.07) is 6.07. The van der Waals surface area contributed by atoms with E-state index in [1.165, 1.54) is 22.5 Å². The lowest BCUT2D eigenvalue weighted by Crippen LogP contribution is -1.96. The Balaban J connectivity index is 1.74. The Morgan fingerprint density at radius 1 is 1.33 bits per heavy atom. The van der Waals surface area contributed by atoms with Gasteiger partial charge in [0.15, 0.2) is 5.78 Å². The monoisotopic (exact) mass is 301 g/mol. The number of carbonyl (C=O) groups excluding carboxylic acids is 1. The van der Waals surface area contributed by atoms with E-state index in [9.17, 15) is 4.79 Å². The van der Waals surface area contributed by atoms with Gasteiger partial charge in [-0.25, -0.2) is 4.98 Å². The summed E-state index contributed by atoms with van der Waals surface area (Å²) >= 11 is 1.48. The van der Waals surface area contributed by atoms with Gasteiger partial charge in [0.05, 0.1) is 10.6 Å². The number of thiazole rings is 1. The summed E-state index contributed by atoms with van der Waals surface area (Å²) in [5, 5.41) is 0.889. The molecule has 110 valence electrons. The van der Waals surface area contributed by atoms with Crippen molar-refractivity contribution in [2.24, 2.45) is 0 Å². The average molecular weight is 301 g/mol. The fraction of sp³-hybridized carbons (Fsp3) is 0.412. The van der Waals surface area contributed by atoms with Crippen molar-refractivity contribution in [2.45, 2.75) is 46.1 Å². The molecule has 2 aromatic rings. The number of Topliss-reactive ketones (excluding diaryl/α,β-unsaturated/α-hetero) is 1. The smallest absolute Gasteiger partial charge is 0.171 e. The van der Waals surface area contributed by atoms with E-state index in [-0.39, 0.29) is 5.78 Å². The predicted molar refractivity (Wildman–Crippen MR) is 84.3 cm³/mol. The summed E-state index contributed by atoms with van der Waals surface area (Å²) in [6.45, 7) is 6.21. The summed E-state index contributed by atoms with van der Waals surface area (Å²) in [4.78, 5) is 17.1. The van der Waals surface area contributed by atoms with Crippen molar-refractivity contribution in [3.8, 4) is 5.75 Å². The van der Waals surface area contributed by atoms with Crippen LogP contribution in [-0.4, -0.2) is 10.8 Å². The topological polar surface area (TPSA) is 39.2 Å². The number of rotatable bonds is 5. The van der Waals surface area contributed by atoms with Crippen LogP contribution in [-0.2, 0) is 6.61 Å². The zero-order chi connectivity index (χ0) is 15.0. The second kappa shape index (κ2) is 5.60. The molecule has 1 aromatic heterocycles. The Kier molecular flexibility index (Phi) is 3.81. The van der Waals surface area contributed by atoms with E-state index in [0.717, 1.165) is 34.2 Å². The highest BCUT2D eigenvalue weighted by molar-refractivity contribution is 7.13. The maximum Gasteiger partial charge on any atom is 0.171 e. The largest absolute Gasteiger partial charge is 0.486 e. The lowest BCUT2D eigenvalue weighted by molar-refractivity contribution is 0.102. The maximum atomic E-state index is 11.7. The summed E-state index contributed by atoms with van der Waals surface area (Å²) < 4.78 is 5.81. The van der Waals surface area contributed by atoms with E-state index in [4.69, 9.17) is 4.74 Å². The molecule has 0 saturated heterocycles. The van der Waals surface area contributed by atoms with Gasteiger partial charge in [0, 0.05) is 12.8 Å². The SMILES string of the molecule is CC(=O)c1sc(COc2ccc(C)c(C)c2)nc1C1CC1. The summed E-state index contributed by atoms with van der Waals surface area (Å²) in [7, 11) is 0. The van der Waals surface area contributed by atoms with Crippen molar-refractivity contribution in [1.29, 1.82) is 0 Å². The first-order chi connectivity index (χ1) is 10.0. The number of nitrogens with zero attached hydrogens (tertiary/aromatic N) is 1. The minimum absolute atomic E-state index is 0.117. The lowest BCUT2D eigenvalue weighted by Gasteiger charge is -2.06. The number of hydrogen-bond acceptors (Lipinski definition) is 4. The molecule has 0 radical (unpaired) electrons. The molecule has 3 nitrogen and oxygen atoms in total. The molecule has 1 aliphatic rings. The number of hydrogen-bond donors (Lipinski definition) is 0. The van der Waals surface area contributed by atoms with E-state index >= 15 is 0 Å². The van der Waals surface area contributed by atoms with Gasteiger partial charge in [-0.05, 0) is 49.9 Å². The van der Waals surface area contributed by atoms with Crippen LogP contribution in [0.5, 0.6) is 5.75 Å². The van der Waals surface area contributed by atoms with Gasteiger partial charge in [-0.1, -0.05) is 6.07 Å². The Bertz CT molecular complexity index is 686. The molecule has 21 heavy (non-hydrogen) atoms. The van der Waals surface area contributed by atoms with Gasteiger partial charge in [0.1, 0.15) is 17.4 Å². The predicted octanol–water partition coefficient (Wildman–Crippen LogP) is 4.42. The van der Waals surface area contributed by atoms with E-state index in [0.29, 0.717) is 12.5 Å². The number of ether oxygens (including phenoxy) is 1. The molecule has 0 N–H and O–H groups in total. The van der Waals surface area contributed by atoms with Gasteiger partial charge in [-0.15, -0.1) is 11.3 Å². The van der Waals surface area contributed by atoms with Crippen LogP contribution in [0.4, 0.5) is 0 Å². The number of ketones is 1. The molecular weight excluding hydrogens is 282 g/mol. The van der Waals surface area contributed by atoms with Crippen LogP contribution in [0.15, 0.2) is 18.2 Å². The third-order valence-electron chi connectivity index (χ3n) is 3.82. The molecule has 0 unspecified atom stereocenters. The first kappa shape index (κ1) is 14.3. The molecule has 1 aromatic carbocycles. The van der Waals surface area contributed by atoms with Gasteiger partial charge >= 0.3 is 0 Å². The van der Waals surface area contributed by atoms with E-state index in [2.05, 4.69) is 24.9 Å². The van der Waals surface area contributed by atoms with E-state index in [1.54, 1.807) is 6.92 Å². The third kappa shape index (κ3) is 3.16. The van der Waals surface area contributed by atoms with Gasteiger partial charge in [0.2, 0.25) is 0 Å². The van der Waals surface area contributed by atoms with Crippen LogP contribution in [0.1, 0.15) is 57.2 Å². The van der Waals surface area contributed by atoms with Crippen molar-refractivity contribution in [1.82, 2.24) is 4.98 Å². The molecule has 0 aliphatic heterocycles. The van der Waals surface area contributed by atoms with E-state index in [1.807, 2.05) is 12.1 Å². The molecular formula is C17H19NO2S. The summed E-state index contributed by atoms with van der Waals surface area (Å²) in [6.07, 6.45) is 2.31. The molecule has 1 heterocycles. The molecule has 3 rings (SSSR count). The highest BCUT2D eigenvalue weighted by atomic mass is 32.1. The molecule has 1 saturated carbocycles. The van der Waals surface area contributed by atoms with Crippen LogP contribution in [0.25, 0.3) is 0 Å². The minimum atomic E-state index is 0.117. The summed E-state index contributed by atoms with van der Waals surface area (Å²) in [5.74, 6) is 1.47. The standard InChI is InChI=1S/C17H19NO2S/c1-10-4-7-14(8-11(10)2)20-9-15-18-16(13-5-6-13)17(21-15)12(3)19/h4,7-8,13H,5-6,9H2,1-3H3. The molecule has 4 heteroatoms. The van der Waals surface area contributed by atoms with E-state index < -0.39 is 0 Å². The molecule has 0 atom stereocenters. The Morgan fingerprint density at radius 2 is 2.10 bits per heavy atom. The zero-order valence-electron chi connectivity index (χ0n) is 12.6. The highest BCUT2D eigenvalue weighted by Gasteiger charge is 2.31. The zero-order valence-corrected chi connectivity index (χ0v) is 13.4. The number of benzene rings is 1. The van der Waals surface area contributed by atoms with Gasteiger partial charge in [-0.2, -0.15) is 0 Å². The first-order valence-corrected chi connectivity index (χ1v) is 8.07. The third-order valence-corrected chi connectivity index (χ3v) is 4.97. The van der Waals surface area contributed by atoms with Crippen molar-refractivity contribution < 1.29 is 9.53 Å². The Morgan fingerprint density at radius 3 is 2.71 bits per heavy atom. The number of aryl methyl sites for hydroxylation is 2. The maximum absolute atomic E-state index is 11.7. The van der Waals surface area contributed by atoms with Gasteiger partial charge < -0.3 is 4.74 Å². The molecule has 0 amide bonds. The fourth-order valence-electron chi connectivity index (χ4n) is 2.27. The van der Waals surface area contributed by atoms with Crippen molar-refractivity contribution in [3.05, 3.63) is 44.9 Å². The van der Waals surface area contributed by atoms with Gasteiger partial charge in [0.25, 0.3) is 0 Å². The van der Waals surface area contributed by atoms with Crippen molar-refractivity contribution in [2.75, 3.05) is 0 Å². The Hall–Kier alpha value is -1.68. The minimum Gasteiger partial charge on any atom is -0.486 e. The highest BCUT2D eigenvalue weighted by Crippen LogP contribution is 2.42. The first-order valence-electron chi connectivity index (χ1n) is 7.25. The molecule has 1 aliphatic carbocycles. The van der Waals surface area contributed by atoms with Crippen LogP contribution in [0.2, 0.25) is 0 Å².